The fourth-order valence-electron chi connectivity index (χ4n) is 1.80. The van der Waals surface area contributed by atoms with E-state index in [1.807, 2.05) is 0 Å². The lowest BCUT2D eigenvalue weighted by Crippen LogP contribution is -2.27. The molecule has 2 rings (SSSR count). The first kappa shape index (κ1) is 13.6. The van der Waals surface area contributed by atoms with Gasteiger partial charge in [-0.15, -0.1) is 0 Å². The average molecular weight is 266 g/mol. The summed E-state index contributed by atoms with van der Waals surface area (Å²) in [6.45, 7) is 1.14. The van der Waals surface area contributed by atoms with Gasteiger partial charge >= 0.3 is 0 Å². The zero-order chi connectivity index (χ0) is 13.7. The van der Waals surface area contributed by atoms with E-state index in [1.54, 1.807) is 25.2 Å². The maximum Gasteiger partial charge on any atom is 0.231 e. The molecule has 6 heteroatoms. The summed E-state index contributed by atoms with van der Waals surface area (Å²) in [6, 6.07) is 5.36. The predicted octanol–water partition coefficient (Wildman–Crippen LogP) is 0.174. The average Bonchev–Trinajstić information content (AvgIpc) is 2.90. The van der Waals surface area contributed by atoms with Crippen LogP contribution in [0.5, 0.6) is 11.5 Å². The third kappa shape index (κ3) is 3.59. The van der Waals surface area contributed by atoms with Gasteiger partial charge in [0, 0.05) is 26.6 Å². The van der Waals surface area contributed by atoms with Gasteiger partial charge in [0.1, 0.15) is 0 Å². The Labute approximate surface area is 111 Å². The third-order valence-electron chi connectivity index (χ3n) is 2.93. The molecule has 0 saturated carbocycles. The number of carbonyl (C=O) groups excluding carboxylic acids is 1. The highest BCUT2D eigenvalue weighted by atomic mass is 16.7. The molecule has 0 bridgehead atoms. The Kier molecular flexibility index (Phi) is 4.59. The van der Waals surface area contributed by atoms with E-state index in [-0.39, 0.29) is 12.7 Å². The van der Waals surface area contributed by atoms with Crippen molar-refractivity contribution in [2.75, 3.05) is 26.9 Å². The highest BCUT2D eigenvalue weighted by Crippen LogP contribution is 2.33. The molecule has 6 nitrogen and oxygen atoms in total. The Morgan fingerprint density at radius 3 is 3.00 bits per heavy atom. The molecule has 1 aromatic carbocycles. The Hall–Kier alpha value is -1.79. The summed E-state index contributed by atoms with van der Waals surface area (Å²) in [4.78, 5) is 11.0. The van der Waals surface area contributed by atoms with Crippen LogP contribution in [0.1, 0.15) is 18.1 Å². The van der Waals surface area contributed by atoms with Gasteiger partial charge in [-0.2, -0.15) is 0 Å². The Bertz CT molecular complexity index is 450. The van der Waals surface area contributed by atoms with Gasteiger partial charge in [0.05, 0.1) is 6.10 Å². The predicted molar refractivity (Wildman–Crippen MR) is 69.1 cm³/mol. The molecule has 1 aliphatic heterocycles. The van der Waals surface area contributed by atoms with Crippen LogP contribution in [0.2, 0.25) is 0 Å². The molecular formula is C13H18N2O4. The number of benzene rings is 1. The van der Waals surface area contributed by atoms with Crippen molar-refractivity contribution < 1.29 is 19.4 Å². The fourth-order valence-corrected chi connectivity index (χ4v) is 1.80. The zero-order valence-electron chi connectivity index (χ0n) is 10.8. The highest BCUT2D eigenvalue weighted by molar-refractivity contribution is 5.75. The molecule has 0 spiro atoms. The van der Waals surface area contributed by atoms with Gasteiger partial charge < -0.3 is 25.2 Å². The minimum atomic E-state index is -0.640. The molecule has 1 heterocycles. The van der Waals surface area contributed by atoms with E-state index in [1.165, 1.54) is 0 Å². The van der Waals surface area contributed by atoms with Crippen LogP contribution in [0, 0.1) is 0 Å². The molecular weight excluding hydrogens is 248 g/mol. The number of hydrogen-bond donors (Lipinski definition) is 3. The second-order valence-electron chi connectivity index (χ2n) is 4.26. The normalized spacial score (nSPS) is 14.2. The molecule has 0 radical (unpaired) electrons. The van der Waals surface area contributed by atoms with Crippen molar-refractivity contribution in [3.05, 3.63) is 23.8 Å². The van der Waals surface area contributed by atoms with Crippen LogP contribution in [-0.4, -0.2) is 37.9 Å². The molecule has 1 amide bonds. The van der Waals surface area contributed by atoms with Gasteiger partial charge in [-0.05, 0) is 17.7 Å². The summed E-state index contributed by atoms with van der Waals surface area (Å²) < 4.78 is 10.5. The lowest BCUT2D eigenvalue weighted by molar-refractivity contribution is -0.120. The van der Waals surface area contributed by atoms with Crippen LogP contribution in [0.3, 0.4) is 0 Å². The van der Waals surface area contributed by atoms with Crippen LogP contribution in [0.15, 0.2) is 18.2 Å². The molecule has 104 valence electrons. The third-order valence-corrected chi connectivity index (χ3v) is 2.93. The van der Waals surface area contributed by atoms with Crippen molar-refractivity contribution in [2.24, 2.45) is 0 Å². The van der Waals surface area contributed by atoms with Gasteiger partial charge in [0.15, 0.2) is 11.5 Å². The molecule has 1 aromatic rings. The summed E-state index contributed by atoms with van der Waals surface area (Å²) in [6.07, 6.45) is -0.246. The number of nitrogens with one attached hydrogen (secondary N) is 2. The second kappa shape index (κ2) is 6.40. The monoisotopic (exact) mass is 266 g/mol. The second-order valence-corrected chi connectivity index (χ2v) is 4.26. The van der Waals surface area contributed by atoms with E-state index in [2.05, 4.69) is 10.6 Å². The fraction of sp³-hybridized carbons (Fsp3) is 0.462. The Morgan fingerprint density at radius 1 is 1.42 bits per heavy atom. The van der Waals surface area contributed by atoms with Crippen molar-refractivity contribution in [3.8, 4) is 11.5 Å². The minimum absolute atomic E-state index is 0.0231. The summed E-state index contributed by atoms with van der Waals surface area (Å²) in [5.74, 6) is 1.33. The number of aliphatic hydroxyl groups excluding tert-OH is 1. The van der Waals surface area contributed by atoms with E-state index < -0.39 is 6.10 Å². The first-order valence-corrected chi connectivity index (χ1v) is 6.19. The molecule has 3 N–H and O–H groups in total. The molecule has 0 saturated heterocycles. The van der Waals surface area contributed by atoms with E-state index in [0.717, 1.165) is 5.56 Å². The van der Waals surface area contributed by atoms with E-state index >= 15 is 0 Å². The first-order chi connectivity index (χ1) is 9.20. The number of aliphatic hydroxyl groups is 1. The van der Waals surface area contributed by atoms with Crippen molar-refractivity contribution in [1.29, 1.82) is 0 Å². The minimum Gasteiger partial charge on any atom is -0.454 e. The molecule has 0 aromatic heterocycles. The number of ether oxygens (including phenoxy) is 2. The number of carbonyl (C=O) groups is 1. The van der Waals surface area contributed by atoms with Gasteiger partial charge in [-0.25, -0.2) is 0 Å². The van der Waals surface area contributed by atoms with E-state index in [4.69, 9.17) is 9.47 Å². The molecule has 0 fully saturated rings. The smallest absolute Gasteiger partial charge is 0.231 e. The summed E-state index contributed by atoms with van der Waals surface area (Å²) in [7, 11) is 1.60. The summed E-state index contributed by atoms with van der Waals surface area (Å²) in [5, 5.41) is 15.6. The van der Waals surface area contributed by atoms with Crippen molar-refractivity contribution in [2.45, 2.75) is 12.5 Å². The molecule has 19 heavy (non-hydrogen) atoms. The molecule has 0 aliphatic carbocycles. The summed E-state index contributed by atoms with van der Waals surface area (Å²) in [5.41, 5.74) is 0.761. The topological polar surface area (TPSA) is 79.8 Å². The van der Waals surface area contributed by atoms with Gasteiger partial charge in [0.2, 0.25) is 12.7 Å². The maximum atomic E-state index is 11.0. The van der Waals surface area contributed by atoms with E-state index in [0.29, 0.717) is 31.0 Å². The Morgan fingerprint density at radius 2 is 2.21 bits per heavy atom. The van der Waals surface area contributed by atoms with Crippen molar-refractivity contribution in [1.82, 2.24) is 10.6 Å². The highest BCUT2D eigenvalue weighted by Gasteiger charge is 2.16. The number of rotatable bonds is 6. The molecule has 1 atom stereocenters. The number of amides is 1. The van der Waals surface area contributed by atoms with Crippen LogP contribution in [-0.2, 0) is 4.79 Å². The van der Waals surface area contributed by atoms with Crippen LogP contribution < -0.4 is 20.1 Å². The van der Waals surface area contributed by atoms with E-state index in [9.17, 15) is 9.90 Å². The van der Waals surface area contributed by atoms with Crippen LogP contribution >= 0.6 is 0 Å². The number of fused-ring (bicyclic) bond motifs is 1. The molecule has 1 aliphatic rings. The summed E-state index contributed by atoms with van der Waals surface area (Å²) >= 11 is 0. The van der Waals surface area contributed by atoms with Gasteiger partial charge in [-0.3, -0.25) is 4.79 Å². The van der Waals surface area contributed by atoms with Gasteiger partial charge in [0.25, 0.3) is 0 Å². The van der Waals surface area contributed by atoms with Crippen molar-refractivity contribution in [3.63, 3.8) is 0 Å². The first-order valence-electron chi connectivity index (χ1n) is 6.19. The van der Waals surface area contributed by atoms with Crippen LogP contribution in [0.4, 0.5) is 0 Å². The standard InChI is InChI=1S/C13H18N2O4/c1-14-13(17)4-5-15-7-10(16)9-2-3-11-12(6-9)19-8-18-11/h2-3,6,10,15-16H,4-5,7-8H2,1H3,(H,14,17). The van der Waals surface area contributed by atoms with Crippen molar-refractivity contribution >= 4 is 5.91 Å². The Balaban J connectivity index is 1.80. The lowest BCUT2D eigenvalue weighted by atomic mass is 10.1. The quantitative estimate of drug-likeness (QED) is 0.640. The largest absolute Gasteiger partial charge is 0.454 e. The lowest BCUT2D eigenvalue weighted by Gasteiger charge is -2.12. The van der Waals surface area contributed by atoms with Gasteiger partial charge in [-0.1, -0.05) is 6.07 Å². The molecule has 1 unspecified atom stereocenters. The maximum absolute atomic E-state index is 11.0. The van der Waals surface area contributed by atoms with Crippen LogP contribution in [0.25, 0.3) is 0 Å². The SMILES string of the molecule is CNC(=O)CCNCC(O)c1ccc2c(c1)OCO2. The number of hydrogen-bond acceptors (Lipinski definition) is 5. The zero-order valence-corrected chi connectivity index (χ0v) is 10.8.